The lowest BCUT2D eigenvalue weighted by Crippen LogP contribution is -2.52. The molecule has 2 aromatic carbocycles. The van der Waals surface area contributed by atoms with Crippen molar-refractivity contribution in [3.63, 3.8) is 0 Å². The highest BCUT2D eigenvalue weighted by Gasteiger charge is 2.55. The average Bonchev–Trinajstić information content (AvgIpc) is 3.06. The van der Waals surface area contributed by atoms with Crippen LogP contribution in [0.15, 0.2) is 53.6 Å². The molecule has 1 spiro atoms. The smallest absolute Gasteiger partial charge is 0.146 e. The molecule has 7 heteroatoms. The second-order valence-corrected chi connectivity index (χ2v) is 8.42. The van der Waals surface area contributed by atoms with Crippen LogP contribution in [0.1, 0.15) is 24.5 Å². The maximum atomic E-state index is 10.6. The van der Waals surface area contributed by atoms with Crippen molar-refractivity contribution in [2.75, 3.05) is 13.2 Å². The Kier molecular flexibility index (Phi) is 5.07. The van der Waals surface area contributed by atoms with E-state index < -0.39 is 11.1 Å². The number of benzene rings is 2. The van der Waals surface area contributed by atoms with Crippen LogP contribution in [0.3, 0.4) is 0 Å². The number of nitrogens with two attached hydrogens (primary N) is 1. The zero-order valence-corrected chi connectivity index (χ0v) is 16.6. The molecule has 0 aliphatic carbocycles. The molecule has 2 heterocycles. The van der Waals surface area contributed by atoms with Crippen molar-refractivity contribution < 1.29 is 9.84 Å². The largest absolute Gasteiger partial charge is 0.493 e. The Bertz CT molecular complexity index is 876. The van der Waals surface area contributed by atoms with E-state index in [9.17, 15) is 5.11 Å². The number of nitrogens with zero attached hydrogens (tertiary/aromatic N) is 2. The molecule has 142 valence electrons. The lowest BCUT2D eigenvalue weighted by atomic mass is 9.86. The number of aliphatic hydroxyl groups excluding tert-OH is 1. The van der Waals surface area contributed by atoms with Gasteiger partial charge in [0.15, 0.2) is 0 Å². The first-order valence-electron chi connectivity index (χ1n) is 8.99. The molecule has 2 aliphatic heterocycles. The molecule has 0 aromatic heterocycles. The summed E-state index contributed by atoms with van der Waals surface area (Å²) in [7, 11) is 0. The molecule has 0 saturated carbocycles. The van der Waals surface area contributed by atoms with Crippen molar-refractivity contribution in [1.29, 1.82) is 0 Å². The number of hydrazone groups is 1. The summed E-state index contributed by atoms with van der Waals surface area (Å²) in [6, 6.07) is 15.6. The zero-order chi connectivity index (χ0) is 19.0. The van der Waals surface area contributed by atoms with Crippen molar-refractivity contribution in [3.05, 3.63) is 64.7 Å². The van der Waals surface area contributed by atoms with Gasteiger partial charge < -0.3 is 15.6 Å². The SMILES string of the molecule is CC(O)N1N=C(c2cccc(Cl)c2)SC12c1ccccc1OCC2CCN. The molecular formula is C20H22ClN3O2S. The molecule has 0 amide bonds. The zero-order valence-electron chi connectivity index (χ0n) is 15.0. The van der Waals surface area contributed by atoms with Crippen LogP contribution < -0.4 is 10.5 Å². The Labute approximate surface area is 168 Å². The lowest BCUT2D eigenvalue weighted by Gasteiger charge is -2.47. The van der Waals surface area contributed by atoms with Crippen LogP contribution in [0.5, 0.6) is 5.75 Å². The van der Waals surface area contributed by atoms with Crippen LogP contribution in [-0.2, 0) is 4.87 Å². The Morgan fingerprint density at radius 1 is 1.37 bits per heavy atom. The van der Waals surface area contributed by atoms with Crippen LogP contribution in [-0.4, -0.2) is 34.5 Å². The first-order chi connectivity index (χ1) is 13.1. The molecule has 0 saturated heterocycles. The summed E-state index contributed by atoms with van der Waals surface area (Å²) in [5.41, 5.74) is 7.87. The fourth-order valence-electron chi connectivity index (χ4n) is 3.83. The van der Waals surface area contributed by atoms with Crippen LogP contribution in [0.25, 0.3) is 0 Å². The first kappa shape index (κ1) is 18.6. The number of para-hydroxylation sites is 1. The number of rotatable bonds is 4. The molecule has 0 fully saturated rings. The second-order valence-electron chi connectivity index (χ2n) is 6.77. The third-order valence-corrected chi connectivity index (χ3v) is 6.80. The van der Waals surface area contributed by atoms with E-state index in [1.54, 1.807) is 23.7 Å². The Morgan fingerprint density at radius 2 is 2.19 bits per heavy atom. The third-order valence-electron chi connectivity index (χ3n) is 5.00. The van der Waals surface area contributed by atoms with Gasteiger partial charge in [-0.25, -0.2) is 5.01 Å². The van der Waals surface area contributed by atoms with Gasteiger partial charge in [-0.1, -0.05) is 53.7 Å². The Balaban J connectivity index is 1.86. The summed E-state index contributed by atoms with van der Waals surface area (Å²) in [4.78, 5) is -0.569. The number of fused-ring (bicyclic) bond motifs is 2. The standard InChI is InChI=1S/C20H22ClN3O2S/c1-13(25)24-20(27-19(23-24)14-5-4-6-16(21)11-14)15(9-10-22)12-26-18-8-3-2-7-17(18)20/h2-8,11,13,15,25H,9-10,12,22H2,1H3. The van der Waals surface area contributed by atoms with Gasteiger partial charge in [0.05, 0.1) is 6.61 Å². The average molecular weight is 404 g/mol. The van der Waals surface area contributed by atoms with Gasteiger partial charge in [-0.05, 0) is 38.1 Å². The van der Waals surface area contributed by atoms with E-state index in [4.69, 9.17) is 27.2 Å². The quantitative estimate of drug-likeness (QED) is 0.816. The van der Waals surface area contributed by atoms with Crippen LogP contribution >= 0.6 is 23.4 Å². The molecule has 3 N–H and O–H groups in total. The van der Waals surface area contributed by atoms with Crippen LogP contribution in [0, 0.1) is 5.92 Å². The number of ether oxygens (including phenoxy) is 1. The molecule has 2 aromatic rings. The van der Waals surface area contributed by atoms with Crippen molar-refractivity contribution in [2.24, 2.45) is 16.8 Å². The summed E-state index contributed by atoms with van der Waals surface area (Å²) >= 11 is 7.84. The van der Waals surface area contributed by atoms with Crippen molar-refractivity contribution >= 4 is 28.4 Å². The monoisotopic (exact) mass is 403 g/mol. The minimum absolute atomic E-state index is 0.0810. The van der Waals surface area contributed by atoms with E-state index in [1.165, 1.54) is 0 Å². The highest BCUT2D eigenvalue weighted by Crippen LogP contribution is 2.57. The minimum Gasteiger partial charge on any atom is -0.493 e. The van der Waals surface area contributed by atoms with E-state index in [1.807, 2.05) is 42.5 Å². The molecular weight excluding hydrogens is 382 g/mol. The van der Waals surface area contributed by atoms with Crippen LogP contribution in [0.4, 0.5) is 0 Å². The van der Waals surface area contributed by atoms with Gasteiger partial charge in [-0.2, -0.15) is 5.10 Å². The number of aliphatic hydroxyl groups is 1. The number of hydrogen-bond donors (Lipinski definition) is 2. The molecule has 0 bridgehead atoms. The van der Waals surface area contributed by atoms with Crippen molar-refractivity contribution in [2.45, 2.75) is 24.4 Å². The van der Waals surface area contributed by atoms with Gasteiger partial charge in [0, 0.05) is 22.1 Å². The number of thioether (sulfide) groups is 1. The molecule has 3 unspecified atom stereocenters. The highest BCUT2D eigenvalue weighted by molar-refractivity contribution is 8.15. The summed E-state index contributed by atoms with van der Waals surface area (Å²) < 4.78 is 6.01. The van der Waals surface area contributed by atoms with E-state index >= 15 is 0 Å². The molecule has 5 nitrogen and oxygen atoms in total. The summed E-state index contributed by atoms with van der Waals surface area (Å²) in [5, 5.41) is 18.7. The maximum absolute atomic E-state index is 10.6. The van der Waals surface area contributed by atoms with Gasteiger partial charge in [0.2, 0.25) is 0 Å². The Hall–Kier alpha value is -1.73. The topological polar surface area (TPSA) is 71.1 Å². The normalized spacial score (nSPS) is 25.1. The van der Waals surface area contributed by atoms with E-state index in [0.29, 0.717) is 18.2 Å². The van der Waals surface area contributed by atoms with Gasteiger partial charge in [0.1, 0.15) is 21.9 Å². The number of hydrogen-bond acceptors (Lipinski definition) is 6. The summed E-state index contributed by atoms with van der Waals surface area (Å²) in [6.07, 6.45) is 0.00345. The predicted molar refractivity (Wildman–Crippen MR) is 110 cm³/mol. The van der Waals surface area contributed by atoms with E-state index in [2.05, 4.69) is 6.07 Å². The summed E-state index contributed by atoms with van der Waals surface area (Å²) in [6.45, 7) is 2.81. The van der Waals surface area contributed by atoms with Crippen molar-refractivity contribution in [3.8, 4) is 5.75 Å². The van der Waals surface area contributed by atoms with E-state index in [-0.39, 0.29) is 5.92 Å². The third kappa shape index (κ3) is 3.10. The highest BCUT2D eigenvalue weighted by atomic mass is 35.5. The lowest BCUT2D eigenvalue weighted by molar-refractivity contribution is -0.0570. The molecule has 3 atom stereocenters. The molecule has 2 aliphatic rings. The van der Waals surface area contributed by atoms with E-state index in [0.717, 1.165) is 28.3 Å². The maximum Gasteiger partial charge on any atom is 0.146 e. The van der Waals surface area contributed by atoms with Gasteiger partial charge in [-0.3, -0.25) is 0 Å². The molecule has 0 radical (unpaired) electrons. The first-order valence-corrected chi connectivity index (χ1v) is 10.2. The second kappa shape index (κ2) is 7.36. The summed E-state index contributed by atoms with van der Waals surface area (Å²) in [5.74, 6) is 0.906. The van der Waals surface area contributed by atoms with Gasteiger partial charge >= 0.3 is 0 Å². The van der Waals surface area contributed by atoms with Crippen LogP contribution in [0.2, 0.25) is 5.02 Å². The fourth-order valence-corrected chi connectivity index (χ4v) is 5.60. The van der Waals surface area contributed by atoms with Gasteiger partial charge in [0.25, 0.3) is 0 Å². The molecule has 4 rings (SSSR count). The molecule has 27 heavy (non-hydrogen) atoms. The fraction of sp³-hybridized carbons (Fsp3) is 0.350. The number of halogens is 1. The van der Waals surface area contributed by atoms with Gasteiger partial charge in [-0.15, -0.1) is 0 Å². The predicted octanol–water partition coefficient (Wildman–Crippen LogP) is 3.60. The van der Waals surface area contributed by atoms with Crippen molar-refractivity contribution in [1.82, 2.24) is 5.01 Å². The Morgan fingerprint density at radius 3 is 2.93 bits per heavy atom. The minimum atomic E-state index is -0.763.